The minimum absolute atomic E-state index is 0.239. The summed E-state index contributed by atoms with van der Waals surface area (Å²) in [7, 11) is 0. The van der Waals surface area contributed by atoms with E-state index in [2.05, 4.69) is 23.6 Å². The highest BCUT2D eigenvalue weighted by molar-refractivity contribution is 4.93. The van der Waals surface area contributed by atoms with Crippen LogP contribution in [0.5, 0.6) is 0 Å². The second kappa shape index (κ2) is 7.05. The van der Waals surface area contributed by atoms with E-state index in [9.17, 15) is 0 Å². The summed E-state index contributed by atoms with van der Waals surface area (Å²) in [6.07, 6.45) is 9.54. The van der Waals surface area contributed by atoms with Crippen LogP contribution in [0.2, 0.25) is 0 Å². The molecule has 0 spiro atoms. The van der Waals surface area contributed by atoms with Gasteiger partial charge in [0.05, 0.1) is 0 Å². The summed E-state index contributed by atoms with van der Waals surface area (Å²) in [5.41, 5.74) is 6.34. The van der Waals surface area contributed by atoms with Crippen molar-refractivity contribution in [2.45, 2.75) is 70.4 Å². The van der Waals surface area contributed by atoms with Crippen LogP contribution >= 0.6 is 0 Å². The zero-order valence-electron chi connectivity index (χ0n) is 13.0. The minimum Gasteiger partial charge on any atom is -0.329 e. The third-order valence-electron chi connectivity index (χ3n) is 5.15. The molecule has 0 bridgehead atoms. The standard InChI is InChI=1S/C16H33N3/c1-3-4-5-6-9-16(2,14-17)19-12-10-18(11-13-19)15-7-8-15/h15H,3-14,17H2,1-2H3. The number of hydrogen-bond acceptors (Lipinski definition) is 3. The van der Waals surface area contributed by atoms with Gasteiger partial charge in [-0.05, 0) is 26.2 Å². The molecule has 19 heavy (non-hydrogen) atoms. The Morgan fingerprint density at radius 1 is 1.05 bits per heavy atom. The van der Waals surface area contributed by atoms with Crippen LogP contribution in [0.1, 0.15) is 58.8 Å². The fourth-order valence-electron chi connectivity index (χ4n) is 3.39. The van der Waals surface area contributed by atoms with Gasteiger partial charge in [-0.15, -0.1) is 0 Å². The fraction of sp³-hybridized carbons (Fsp3) is 1.00. The first kappa shape index (κ1) is 15.3. The molecular weight excluding hydrogens is 234 g/mol. The van der Waals surface area contributed by atoms with Gasteiger partial charge in [0.25, 0.3) is 0 Å². The SMILES string of the molecule is CCCCCCC(C)(CN)N1CCN(C2CC2)CC1. The van der Waals surface area contributed by atoms with Crippen LogP contribution in [0.3, 0.4) is 0 Å². The van der Waals surface area contributed by atoms with Crippen molar-refractivity contribution in [3.05, 3.63) is 0 Å². The average molecular weight is 267 g/mol. The number of rotatable bonds is 8. The molecule has 2 N–H and O–H groups in total. The maximum Gasteiger partial charge on any atom is 0.0304 e. The Morgan fingerprint density at radius 3 is 2.26 bits per heavy atom. The molecule has 1 heterocycles. The molecular formula is C16H33N3. The maximum atomic E-state index is 6.10. The predicted octanol–water partition coefficient (Wildman–Crippen LogP) is 2.45. The van der Waals surface area contributed by atoms with Crippen molar-refractivity contribution in [1.29, 1.82) is 0 Å². The quantitative estimate of drug-likeness (QED) is 0.686. The van der Waals surface area contributed by atoms with E-state index in [1.54, 1.807) is 0 Å². The number of piperazine rings is 1. The normalized spacial score (nSPS) is 25.4. The lowest BCUT2D eigenvalue weighted by Gasteiger charge is -2.46. The van der Waals surface area contributed by atoms with Crippen LogP contribution < -0.4 is 5.73 Å². The van der Waals surface area contributed by atoms with E-state index in [4.69, 9.17) is 5.73 Å². The van der Waals surface area contributed by atoms with Crippen molar-refractivity contribution in [2.75, 3.05) is 32.7 Å². The highest BCUT2D eigenvalue weighted by atomic mass is 15.3. The van der Waals surface area contributed by atoms with Crippen LogP contribution in [-0.4, -0.2) is 54.1 Å². The Bertz CT molecular complexity index is 257. The molecule has 0 aromatic carbocycles. The van der Waals surface area contributed by atoms with Crippen LogP contribution in [0, 0.1) is 0 Å². The van der Waals surface area contributed by atoms with E-state index < -0.39 is 0 Å². The second-order valence-electron chi connectivity index (χ2n) is 6.77. The molecule has 112 valence electrons. The fourth-order valence-corrected chi connectivity index (χ4v) is 3.39. The lowest BCUT2D eigenvalue weighted by Crippen LogP contribution is -2.59. The summed E-state index contributed by atoms with van der Waals surface area (Å²) >= 11 is 0. The minimum atomic E-state index is 0.239. The molecule has 1 aliphatic carbocycles. The van der Waals surface area contributed by atoms with Crippen molar-refractivity contribution < 1.29 is 0 Å². The molecule has 2 aliphatic rings. The van der Waals surface area contributed by atoms with Gasteiger partial charge in [-0.2, -0.15) is 0 Å². The monoisotopic (exact) mass is 267 g/mol. The van der Waals surface area contributed by atoms with E-state index in [1.807, 2.05) is 0 Å². The molecule has 1 atom stereocenters. The van der Waals surface area contributed by atoms with Gasteiger partial charge in [-0.1, -0.05) is 32.6 Å². The molecule has 1 unspecified atom stereocenters. The summed E-state index contributed by atoms with van der Waals surface area (Å²) in [5, 5.41) is 0. The van der Waals surface area contributed by atoms with Gasteiger partial charge in [0.15, 0.2) is 0 Å². The summed E-state index contributed by atoms with van der Waals surface area (Å²) < 4.78 is 0. The maximum absolute atomic E-state index is 6.10. The number of nitrogens with two attached hydrogens (primary N) is 1. The summed E-state index contributed by atoms with van der Waals surface area (Å²) in [4.78, 5) is 5.35. The van der Waals surface area contributed by atoms with Crippen LogP contribution in [0.25, 0.3) is 0 Å². The molecule has 1 saturated heterocycles. The molecule has 2 fully saturated rings. The lowest BCUT2D eigenvalue weighted by molar-refractivity contribution is 0.0371. The van der Waals surface area contributed by atoms with E-state index >= 15 is 0 Å². The van der Waals surface area contributed by atoms with Gasteiger partial charge in [0.1, 0.15) is 0 Å². The number of unbranched alkanes of at least 4 members (excludes halogenated alkanes) is 3. The summed E-state index contributed by atoms with van der Waals surface area (Å²) in [6.45, 7) is 10.4. The Morgan fingerprint density at radius 2 is 1.74 bits per heavy atom. The first-order chi connectivity index (χ1) is 9.19. The second-order valence-corrected chi connectivity index (χ2v) is 6.77. The smallest absolute Gasteiger partial charge is 0.0304 e. The van der Waals surface area contributed by atoms with Crippen molar-refractivity contribution in [3.63, 3.8) is 0 Å². The summed E-state index contributed by atoms with van der Waals surface area (Å²) in [5.74, 6) is 0. The molecule has 0 aromatic rings. The third kappa shape index (κ3) is 4.17. The molecule has 0 amide bonds. The van der Waals surface area contributed by atoms with Crippen molar-refractivity contribution >= 4 is 0 Å². The molecule has 0 radical (unpaired) electrons. The third-order valence-corrected chi connectivity index (χ3v) is 5.15. The van der Waals surface area contributed by atoms with Gasteiger partial charge >= 0.3 is 0 Å². The Labute approximate surface area is 119 Å². The Kier molecular flexibility index (Phi) is 5.67. The van der Waals surface area contributed by atoms with Crippen LogP contribution in [0.15, 0.2) is 0 Å². The van der Waals surface area contributed by atoms with E-state index in [-0.39, 0.29) is 5.54 Å². The average Bonchev–Trinajstić information content (AvgIpc) is 3.28. The zero-order chi connectivity index (χ0) is 13.7. The first-order valence-electron chi connectivity index (χ1n) is 8.39. The molecule has 3 heteroatoms. The van der Waals surface area contributed by atoms with Gasteiger partial charge in [0.2, 0.25) is 0 Å². The Balaban J connectivity index is 1.75. The predicted molar refractivity (Wildman–Crippen MR) is 82.4 cm³/mol. The van der Waals surface area contributed by atoms with Crippen LogP contribution in [-0.2, 0) is 0 Å². The van der Waals surface area contributed by atoms with Crippen LogP contribution in [0.4, 0.5) is 0 Å². The lowest BCUT2D eigenvalue weighted by atomic mass is 9.91. The molecule has 2 rings (SSSR count). The molecule has 1 saturated carbocycles. The molecule has 0 aromatic heterocycles. The molecule has 1 aliphatic heterocycles. The highest BCUT2D eigenvalue weighted by Gasteiger charge is 2.36. The van der Waals surface area contributed by atoms with Gasteiger partial charge in [-0.25, -0.2) is 0 Å². The van der Waals surface area contributed by atoms with Crippen molar-refractivity contribution in [1.82, 2.24) is 9.80 Å². The van der Waals surface area contributed by atoms with E-state index in [0.29, 0.717) is 0 Å². The molecule has 3 nitrogen and oxygen atoms in total. The van der Waals surface area contributed by atoms with E-state index in [1.165, 1.54) is 71.1 Å². The van der Waals surface area contributed by atoms with Gasteiger partial charge < -0.3 is 5.73 Å². The van der Waals surface area contributed by atoms with E-state index in [0.717, 1.165) is 12.6 Å². The van der Waals surface area contributed by atoms with Gasteiger partial charge in [0, 0.05) is 44.3 Å². The topological polar surface area (TPSA) is 32.5 Å². The zero-order valence-corrected chi connectivity index (χ0v) is 13.0. The van der Waals surface area contributed by atoms with Crippen molar-refractivity contribution in [2.24, 2.45) is 5.73 Å². The number of nitrogens with zero attached hydrogens (tertiary/aromatic N) is 2. The summed E-state index contributed by atoms with van der Waals surface area (Å²) in [6, 6.07) is 0.927. The first-order valence-corrected chi connectivity index (χ1v) is 8.39. The van der Waals surface area contributed by atoms with Crippen molar-refractivity contribution in [3.8, 4) is 0 Å². The highest BCUT2D eigenvalue weighted by Crippen LogP contribution is 2.30. The largest absolute Gasteiger partial charge is 0.329 e. The Hall–Kier alpha value is -0.120. The van der Waals surface area contributed by atoms with Gasteiger partial charge in [-0.3, -0.25) is 9.80 Å². The number of hydrogen-bond donors (Lipinski definition) is 1.